The summed E-state index contributed by atoms with van der Waals surface area (Å²) in [6.07, 6.45) is 5.72. The number of ether oxygens (including phenoxy) is 2. The van der Waals surface area contributed by atoms with E-state index >= 15 is 0 Å². The van der Waals surface area contributed by atoms with Crippen molar-refractivity contribution in [3.05, 3.63) is 0 Å². The minimum Gasteiger partial charge on any atom is -0.378 e. The lowest BCUT2D eigenvalue weighted by Crippen LogP contribution is -2.20. The molecule has 0 aliphatic heterocycles. The maximum Gasteiger partial charge on any atom is 0.145 e. The molecule has 0 aromatic heterocycles. The fraction of sp³-hybridized carbons (Fsp3) is 0.923. The van der Waals surface area contributed by atoms with E-state index in [1.54, 1.807) is 0 Å². The SMILES string of the molecule is CCCCC(CC)COCC(C)OCC=O. The number of hydrogen-bond acceptors (Lipinski definition) is 3. The van der Waals surface area contributed by atoms with Gasteiger partial charge < -0.3 is 14.3 Å². The molecule has 0 aliphatic rings. The molecule has 0 saturated heterocycles. The molecule has 0 aromatic rings. The molecule has 0 heterocycles. The van der Waals surface area contributed by atoms with Gasteiger partial charge in [0.2, 0.25) is 0 Å². The summed E-state index contributed by atoms with van der Waals surface area (Å²) in [5.74, 6) is 0.665. The van der Waals surface area contributed by atoms with Gasteiger partial charge in [0.05, 0.1) is 12.7 Å². The first-order valence-electron chi connectivity index (χ1n) is 6.37. The molecule has 2 unspecified atom stereocenters. The molecular weight excluding hydrogens is 204 g/mol. The number of aldehydes is 1. The molecule has 0 fully saturated rings. The van der Waals surface area contributed by atoms with Crippen molar-refractivity contribution in [2.24, 2.45) is 5.92 Å². The summed E-state index contributed by atoms with van der Waals surface area (Å²) in [5, 5.41) is 0. The molecule has 0 bridgehead atoms. The van der Waals surface area contributed by atoms with Gasteiger partial charge in [0, 0.05) is 6.61 Å². The molecule has 0 aromatic carbocycles. The van der Waals surface area contributed by atoms with Crippen LogP contribution >= 0.6 is 0 Å². The van der Waals surface area contributed by atoms with Crippen LogP contribution in [0.5, 0.6) is 0 Å². The summed E-state index contributed by atoms with van der Waals surface area (Å²) in [6.45, 7) is 7.90. The number of carbonyl (C=O) groups excluding carboxylic acids is 1. The van der Waals surface area contributed by atoms with E-state index < -0.39 is 0 Å². The average molecular weight is 230 g/mol. The molecule has 3 nitrogen and oxygen atoms in total. The number of carbonyl (C=O) groups is 1. The maximum absolute atomic E-state index is 10.1. The van der Waals surface area contributed by atoms with Crippen LogP contribution in [0.4, 0.5) is 0 Å². The van der Waals surface area contributed by atoms with Gasteiger partial charge in [-0.05, 0) is 19.3 Å². The number of rotatable bonds is 11. The van der Waals surface area contributed by atoms with Crippen molar-refractivity contribution in [3.8, 4) is 0 Å². The zero-order valence-corrected chi connectivity index (χ0v) is 10.9. The van der Waals surface area contributed by atoms with Crippen molar-refractivity contribution in [1.29, 1.82) is 0 Å². The highest BCUT2D eigenvalue weighted by molar-refractivity contribution is 5.50. The van der Waals surface area contributed by atoms with Crippen LogP contribution < -0.4 is 0 Å². The molecule has 0 aliphatic carbocycles. The van der Waals surface area contributed by atoms with Crippen molar-refractivity contribution in [1.82, 2.24) is 0 Å². The van der Waals surface area contributed by atoms with Crippen LogP contribution in [0.2, 0.25) is 0 Å². The van der Waals surface area contributed by atoms with Gasteiger partial charge in [0.1, 0.15) is 12.9 Å². The van der Waals surface area contributed by atoms with E-state index in [1.165, 1.54) is 25.7 Å². The first kappa shape index (κ1) is 15.6. The zero-order chi connectivity index (χ0) is 12.2. The standard InChI is InChI=1S/C13H26O3/c1-4-6-7-13(5-2)11-15-10-12(3)16-9-8-14/h8,12-13H,4-7,9-11H2,1-3H3. The second-order valence-corrected chi connectivity index (χ2v) is 4.26. The van der Waals surface area contributed by atoms with Crippen molar-refractivity contribution >= 4 is 6.29 Å². The summed E-state index contributed by atoms with van der Waals surface area (Å²) in [7, 11) is 0. The molecule has 96 valence electrons. The largest absolute Gasteiger partial charge is 0.378 e. The molecule has 0 spiro atoms. The van der Waals surface area contributed by atoms with Gasteiger partial charge in [-0.3, -0.25) is 0 Å². The van der Waals surface area contributed by atoms with Crippen LogP contribution in [0.3, 0.4) is 0 Å². The van der Waals surface area contributed by atoms with E-state index in [4.69, 9.17) is 9.47 Å². The Morgan fingerprint density at radius 3 is 2.56 bits per heavy atom. The third-order valence-electron chi connectivity index (χ3n) is 2.70. The first-order chi connectivity index (χ1) is 7.74. The van der Waals surface area contributed by atoms with Crippen molar-refractivity contribution < 1.29 is 14.3 Å². The Labute approximate surface area is 99.5 Å². The number of hydrogen-bond donors (Lipinski definition) is 0. The lowest BCUT2D eigenvalue weighted by atomic mass is 10.0. The molecule has 16 heavy (non-hydrogen) atoms. The van der Waals surface area contributed by atoms with Gasteiger partial charge in [-0.1, -0.05) is 33.1 Å². The average Bonchev–Trinajstić information content (AvgIpc) is 2.30. The van der Waals surface area contributed by atoms with Crippen molar-refractivity contribution in [2.75, 3.05) is 19.8 Å². The summed E-state index contributed by atoms with van der Waals surface area (Å²) in [5.41, 5.74) is 0. The second kappa shape index (κ2) is 11.1. The van der Waals surface area contributed by atoms with Crippen molar-refractivity contribution in [3.63, 3.8) is 0 Å². The van der Waals surface area contributed by atoms with Gasteiger partial charge in [-0.15, -0.1) is 0 Å². The van der Waals surface area contributed by atoms with E-state index in [-0.39, 0.29) is 12.7 Å². The monoisotopic (exact) mass is 230 g/mol. The Morgan fingerprint density at radius 2 is 2.00 bits per heavy atom. The first-order valence-corrected chi connectivity index (χ1v) is 6.37. The summed E-state index contributed by atoms with van der Waals surface area (Å²) in [6, 6.07) is 0. The van der Waals surface area contributed by atoms with Crippen LogP contribution in [-0.4, -0.2) is 32.2 Å². The third kappa shape index (κ3) is 8.86. The zero-order valence-electron chi connectivity index (χ0n) is 10.9. The van der Waals surface area contributed by atoms with Crippen LogP contribution in [0.25, 0.3) is 0 Å². The molecule has 2 atom stereocenters. The van der Waals surface area contributed by atoms with Gasteiger partial charge in [0.25, 0.3) is 0 Å². The minimum atomic E-state index is 0.00822. The molecule has 0 rings (SSSR count). The number of unbranched alkanes of at least 4 members (excludes halogenated alkanes) is 1. The fourth-order valence-corrected chi connectivity index (χ4v) is 1.55. The van der Waals surface area contributed by atoms with E-state index in [0.29, 0.717) is 12.5 Å². The Hall–Kier alpha value is -0.410. The lowest BCUT2D eigenvalue weighted by Gasteiger charge is -2.17. The quantitative estimate of drug-likeness (QED) is 0.512. The molecular formula is C13H26O3. The predicted octanol–water partition coefficient (Wildman–Crippen LogP) is 2.82. The predicted molar refractivity (Wildman–Crippen MR) is 65.6 cm³/mol. The van der Waals surface area contributed by atoms with Gasteiger partial charge in [-0.25, -0.2) is 0 Å². The maximum atomic E-state index is 10.1. The van der Waals surface area contributed by atoms with Gasteiger partial charge >= 0.3 is 0 Å². The Balaban J connectivity index is 3.48. The fourth-order valence-electron chi connectivity index (χ4n) is 1.55. The Bertz CT molecular complexity index is 159. The van der Waals surface area contributed by atoms with E-state index in [9.17, 15) is 4.79 Å². The van der Waals surface area contributed by atoms with Crippen LogP contribution in [0, 0.1) is 5.92 Å². The summed E-state index contributed by atoms with van der Waals surface area (Å²) in [4.78, 5) is 10.1. The van der Waals surface area contributed by atoms with Crippen LogP contribution in [-0.2, 0) is 14.3 Å². The highest BCUT2D eigenvalue weighted by Gasteiger charge is 2.07. The molecule has 0 saturated carbocycles. The van der Waals surface area contributed by atoms with E-state index in [1.807, 2.05) is 6.92 Å². The smallest absolute Gasteiger partial charge is 0.145 e. The summed E-state index contributed by atoms with van der Waals surface area (Å²) < 4.78 is 10.8. The van der Waals surface area contributed by atoms with Gasteiger partial charge in [-0.2, -0.15) is 0 Å². The highest BCUT2D eigenvalue weighted by atomic mass is 16.5. The van der Waals surface area contributed by atoms with Crippen LogP contribution in [0.15, 0.2) is 0 Å². The van der Waals surface area contributed by atoms with E-state index in [0.717, 1.165) is 12.9 Å². The topological polar surface area (TPSA) is 35.5 Å². The highest BCUT2D eigenvalue weighted by Crippen LogP contribution is 2.12. The Morgan fingerprint density at radius 1 is 1.25 bits per heavy atom. The van der Waals surface area contributed by atoms with Crippen LogP contribution in [0.1, 0.15) is 46.5 Å². The molecule has 3 heteroatoms. The van der Waals surface area contributed by atoms with E-state index in [2.05, 4.69) is 13.8 Å². The second-order valence-electron chi connectivity index (χ2n) is 4.26. The molecule has 0 N–H and O–H groups in total. The normalized spacial score (nSPS) is 14.7. The minimum absolute atomic E-state index is 0.00822. The van der Waals surface area contributed by atoms with Crippen molar-refractivity contribution in [2.45, 2.75) is 52.6 Å². The Kier molecular flexibility index (Phi) is 10.8. The van der Waals surface area contributed by atoms with Gasteiger partial charge in [0.15, 0.2) is 0 Å². The molecule has 0 radical (unpaired) electrons. The molecule has 0 amide bonds. The summed E-state index contributed by atoms with van der Waals surface area (Å²) >= 11 is 0. The lowest BCUT2D eigenvalue weighted by molar-refractivity contribution is -0.114. The third-order valence-corrected chi connectivity index (χ3v) is 2.70.